The monoisotopic (exact) mass is 427 g/mol. The zero-order valence-corrected chi connectivity index (χ0v) is 19.1. The molecule has 1 aliphatic rings. The molecule has 1 aliphatic heterocycles. The minimum Gasteiger partial charge on any atom is -0.497 e. The van der Waals surface area contributed by atoms with Crippen LogP contribution in [0.25, 0.3) is 0 Å². The molecule has 0 radical (unpaired) electrons. The van der Waals surface area contributed by atoms with Crippen molar-refractivity contribution in [3.05, 3.63) is 65.7 Å². The minimum absolute atomic E-state index is 0.160. The van der Waals surface area contributed by atoms with Crippen LogP contribution in [0.4, 0.5) is 0 Å². The number of carbonyl (C=O) groups is 1. The average Bonchev–Trinajstić information content (AvgIpc) is 3.16. The molecule has 0 spiro atoms. The number of esters is 1. The lowest BCUT2D eigenvalue weighted by atomic mass is 9.87. The van der Waals surface area contributed by atoms with Gasteiger partial charge >= 0.3 is 5.97 Å². The smallest absolute Gasteiger partial charge is 0.329 e. The maximum Gasteiger partial charge on any atom is 0.329 e. The Kier molecular flexibility index (Phi) is 7.36. The third kappa shape index (κ3) is 5.45. The largest absolute Gasteiger partial charge is 0.497 e. The third-order valence-electron chi connectivity index (χ3n) is 5.42. The lowest BCUT2D eigenvalue weighted by Crippen LogP contribution is -2.58. The Morgan fingerprint density at radius 2 is 1.87 bits per heavy atom. The van der Waals surface area contributed by atoms with Gasteiger partial charge < -0.3 is 18.9 Å². The molecule has 2 atom stereocenters. The van der Waals surface area contributed by atoms with Gasteiger partial charge in [0, 0.05) is 13.5 Å². The highest BCUT2D eigenvalue weighted by atomic mass is 16.6. The highest BCUT2D eigenvalue weighted by Gasteiger charge is 2.53. The van der Waals surface area contributed by atoms with Crippen molar-refractivity contribution in [2.24, 2.45) is 0 Å². The van der Waals surface area contributed by atoms with Gasteiger partial charge in [0.15, 0.2) is 0 Å². The maximum atomic E-state index is 13.7. The van der Waals surface area contributed by atoms with Crippen molar-refractivity contribution >= 4 is 5.97 Å². The van der Waals surface area contributed by atoms with Gasteiger partial charge in [-0.25, -0.2) is 4.79 Å². The number of benzene rings is 2. The molecule has 1 fully saturated rings. The molecule has 6 heteroatoms. The average molecular weight is 428 g/mol. The summed E-state index contributed by atoms with van der Waals surface area (Å²) in [6, 6.07) is 17.7. The topological polar surface area (TPSA) is 57.2 Å². The van der Waals surface area contributed by atoms with Gasteiger partial charge in [0.2, 0.25) is 0 Å². The molecule has 1 heterocycles. The maximum absolute atomic E-state index is 13.7. The van der Waals surface area contributed by atoms with E-state index in [1.807, 2.05) is 75.4 Å². The van der Waals surface area contributed by atoms with Gasteiger partial charge in [-0.05, 0) is 44.0 Å². The van der Waals surface area contributed by atoms with Crippen molar-refractivity contribution in [1.29, 1.82) is 0 Å². The number of hydrogen-bond acceptors (Lipinski definition) is 6. The van der Waals surface area contributed by atoms with Gasteiger partial charge in [-0.1, -0.05) is 42.5 Å². The van der Waals surface area contributed by atoms with E-state index in [-0.39, 0.29) is 18.6 Å². The molecule has 31 heavy (non-hydrogen) atoms. The van der Waals surface area contributed by atoms with E-state index in [9.17, 15) is 4.79 Å². The molecule has 0 aliphatic carbocycles. The molecule has 0 saturated carbocycles. The summed E-state index contributed by atoms with van der Waals surface area (Å²) in [5.41, 5.74) is 0.438. The lowest BCUT2D eigenvalue weighted by Gasteiger charge is -2.41. The van der Waals surface area contributed by atoms with Gasteiger partial charge in [0.1, 0.15) is 23.6 Å². The van der Waals surface area contributed by atoms with E-state index in [4.69, 9.17) is 18.9 Å². The van der Waals surface area contributed by atoms with Crippen LogP contribution in [0.2, 0.25) is 0 Å². The van der Waals surface area contributed by atoms with Crippen LogP contribution in [-0.2, 0) is 25.4 Å². The van der Waals surface area contributed by atoms with E-state index in [1.54, 1.807) is 14.2 Å². The molecule has 0 aromatic heterocycles. The van der Waals surface area contributed by atoms with Crippen LogP contribution < -0.4 is 4.74 Å². The van der Waals surface area contributed by atoms with E-state index in [1.165, 1.54) is 0 Å². The van der Waals surface area contributed by atoms with Crippen LogP contribution in [0.15, 0.2) is 54.6 Å². The number of ether oxygens (including phenoxy) is 4. The van der Waals surface area contributed by atoms with Crippen molar-refractivity contribution in [3.63, 3.8) is 0 Å². The second-order valence-electron chi connectivity index (χ2n) is 8.89. The Hall–Kier alpha value is -2.41. The first kappa shape index (κ1) is 23.3. The Balaban J connectivity index is 2.05. The summed E-state index contributed by atoms with van der Waals surface area (Å²) in [5.74, 6) is 0.455. The normalized spacial score (nSPS) is 20.4. The molecule has 1 saturated heterocycles. The predicted molar refractivity (Wildman–Crippen MR) is 119 cm³/mol. The van der Waals surface area contributed by atoms with Crippen molar-refractivity contribution in [1.82, 2.24) is 4.90 Å². The van der Waals surface area contributed by atoms with Crippen LogP contribution in [0.3, 0.4) is 0 Å². The lowest BCUT2D eigenvalue weighted by molar-refractivity contribution is -0.169. The van der Waals surface area contributed by atoms with Crippen molar-refractivity contribution in [2.75, 3.05) is 34.2 Å². The first-order chi connectivity index (χ1) is 14.8. The van der Waals surface area contributed by atoms with Gasteiger partial charge in [-0.15, -0.1) is 0 Å². The zero-order chi connectivity index (χ0) is 22.5. The van der Waals surface area contributed by atoms with Gasteiger partial charge in [0.05, 0.1) is 26.4 Å². The van der Waals surface area contributed by atoms with Crippen LogP contribution in [-0.4, -0.2) is 56.2 Å². The number of methoxy groups -OCH3 is 2. The van der Waals surface area contributed by atoms with Crippen molar-refractivity contribution in [3.8, 4) is 5.75 Å². The summed E-state index contributed by atoms with van der Waals surface area (Å²) < 4.78 is 22.8. The fraction of sp³-hybridized carbons (Fsp3) is 0.480. The second-order valence-corrected chi connectivity index (χ2v) is 8.89. The molecule has 0 unspecified atom stereocenters. The van der Waals surface area contributed by atoms with Gasteiger partial charge in [0.25, 0.3) is 0 Å². The third-order valence-corrected chi connectivity index (χ3v) is 5.42. The predicted octanol–water partition coefficient (Wildman–Crippen LogP) is 4.00. The van der Waals surface area contributed by atoms with E-state index in [0.717, 1.165) is 16.9 Å². The molecule has 3 rings (SSSR count). The second kappa shape index (κ2) is 9.81. The number of hydrogen-bond donors (Lipinski definition) is 0. The molecular weight excluding hydrogens is 394 g/mol. The van der Waals surface area contributed by atoms with Crippen LogP contribution in [0.1, 0.15) is 37.9 Å². The summed E-state index contributed by atoms with van der Waals surface area (Å²) in [6.07, 6.45) is 0.437. The van der Waals surface area contributed by atoms with Gasteiger partial charge in [-0.2, -0.15) is 0 Å². The molecule has 168 valence electrons. The summed E-state index contributed by atoms with van der Waals surface area (Å²) in [7, 11) is 3.31. The molecule has 6 nitrogen and oxygen atoms in total. The van der Waals surface area contributed by atoms with Gasteiger partial charge in [-0.3, -0.25) is 4.90 Å². The Morgan fingerprint density at radius 1 is 1.13 bits per heavy atom. The molecule has 2 aromatic rings. The Labute approximate surface area is 185 Å². The number of rotatable bonds is 8. The van der Waals surface area contributed by atoms with Crippen LogP contribution >= 0.6 is 0 Å². The van der Waals surface area contributed by atoms with E-state index in [0.29, 0.717) is 19.8 Å². The summed E-state index contributed by atoms with van der Waals surface area (Å²) in [5, 5.41) is 0. The zero-order valence-electron chi connectivity index (χ0n) is 19.1. The summed E-state index contributed by atoms with van der Waals surface area (Å²) >= 11 is 0. The first-order valence-electron chi connectivity index (χ1n) is 10.5. The molecule has 2 aromatic carbocycles. The van der Waals surface area contributed by atoms with E-state index < -0.39 is 11.1 Å². The quantitative estimate of drug-likeness (QED) is 0.594. The fourth-order valence-corrected chi connectivity index (χ4v) is 4.00. The SMILES string of the molecule is COC[C@@H](c1ccccc1)N1COC[C@]1(Cc1cccc(OC)c1)C(=O)OC(C)(C)C. The van der Waals surface area contributed by atoms with Crippen molar-refractivity contribution in [2.45, 2.75) is 44.4 Å². The number of nitrogens with zero attached hydrogens (tertiary/aromatic N) is 1. The molecule has 0 N–H and O–H groups in total. The standard InChI is InChI=1S/C25H33NO5/c1-24(2,3)31-23(27)25(15-19-10-9-13-21(14-19)29-5)17-30-18-26(25)22(16-28-4)20-11-7-6-8-12-20/h6-14,22H,15-18H2,1-5H3/t22-,25+/m0/s1. The van der Waals surface area contributed by atoms with E-state index in [2.05, 4.69) is 4.90 Å². The van der Waals surface area contributed by atoms with Crippen LogP contribution in [0, 0.1) is 0 Å². The summed E-state index contributed by atoms with van der Waals surface area (Å²) in [4.78, 5) is 15.8. The molecule has 0 amide bonds. The first-order valence-corrected chi connectivity index (χ1v) is 10.5. The molecular formula is C25H33NO5. The highest BCUT2D eigenvalue weighted by Crippen LogP contribution is 2.38. The van der Waals surface area contributed by atoms with Crippen LogP contribution in [0.5, 0.6) is 5.75 Å². The number of carbonyl (C=O) groups excluding carboxylic acids is 1. The van der Waals surface area contributed by atoms with Crippen molar-refractivity contribution < 1.29 is 23.7 Å². The highest BCUT2D eigenvalue weighted by molar-refractivity contribution is 5.82. The minimum atomic E-state index is -0.987. The van der Waals surface area contributed by atoms with E-state index >= 15 is 0 Å². The fourth-order valence-electron chi connectivity index (χ4n) is 4.00. The Bertz CT molecular complexity index is 864. The summed E-state index contributed by atoms with van der Waals surface area (Å²) in [6.45, 7) is 6.63. The Morgan fingerprint density at radius 3 is 2.52 bits per heavy atom. The molecule has 0 bridgehead atoms.